The Morgan fingerprint density at radius 2 is 2.00 bits per heavy atom. The Kier molecular flexibility index (Phi) is 4.30. The summed E-state index contributed by atoms with van der Waals surface area (Å²) < 4.78 is 0. The van der Waals surface area contributed by atoms with Crippen LogP contribution < -0.4 is 11.5 Å². The summed E-state index contributed by atoms with van der Waals surface area (Å²) in [6, 6.07) is 0. The van der Waals surface area contributed by atoms with Gasteiger partial charge in [0.15, 0.2) is 0 Å². The van der Waals surface area contributed by atoms with Crippen LogP contribution in [0.25, 0.3) is 0 Å². The lowest BCUT2D eigenvalue weighted by Crippen LogP contribution is -2.07. The number of hydrogen-bond acceptors (Lipinski definition) is 2. The predicted octanol–water partition coefficient (Wildman–Crippen LogP) is 1.31. The van der Waals surface area contributed by atoms with Crippen LogP contribution in [0.3, 0.4) is 0 Å². The van der Waals surface area contributed by atoms with Gasteiger partial charge < -0.3 is 11.5 Å². The van der Waals surface area contributed by atoms with Crippen molar-refractivity contribution < 1.29 is 0 Å². The van der Waals surface area contributed by atoms with Gasteiger partial charge in [0.25, 0.3) is 0 Å². The number of rotatable bonds is 3. The summed E-state index contributed by atoms with van der Waals surface area (Å²) in [5, 5.41) is 0. The fourth-order valence-electron chi connectivity index (χ4n) is 0.667. The first kappa shape index (κ1) is 9.98. The number of allylic oxidation sites excluding steroid dienone is 3. The maximum atomic E-state index is 5.57. The lowest BCUT2D eigenvalue weighted by molar-refractivity contribution is 1.11. The standard InChI is InChI=1S/C9H16N2/c1-4-7(2)5-9(6-10)8(3)11/h4-5H,1,6,10-11H2,2-3H3/b7-5-,9-8-. The molecule has 0 bridgehead atoms. The lowest BCUT2D eigenvalue weighted by Gasteiger charge is -2.01. The van der Waals surface area contributed by atoms with Gasteiger partial charge in [-0.15, -0.1) is 0 Å². The summed E-state index contributed by atoms with van der Waals surface area (Å²) in [6.45, 7) is 7.92. The zero-order chi connectivity index (χ0) is 8.85. The minimum atomic E-state index is 0.480. The summed E-state index contributed by atoms with van der Waals surface area (Å²) in [7, 11) is 0. The largest absolute Gasteiger partial charge is 0.402 e. The van der Waals surface area contributed by atoms with E-state index in [-0.39, 0.29) is 0 Å². The number of hydrogen-bond donors (Lipinski definition) is 2. The Balaban J connectivity index is 4.57. The Morgan fingerprint density at radius 1 is 1.45 bits per heavy atom. The molecule has 0 aromatic carbocycles. The minimum absolute atomic E-state index is 0.480. The van der Waals surface area contributed by atoms with Gasteiger partial charge in [-0.2, -0.15) is 0 Å². The van der Waals surface area contributed by atoms with E-state index in [9.17, 15) is 0 Å². The Morgan fingerprint density at radius 3 is 2.27 bits per heavy atom. The average molecular weight is 152 g/mol. The van der Waals surface area contributed by atoms with Crippen molar-refractivity contribution in [2.45, 2.75) is 13.8 Å². The maximum absolute atomic E-state index is 5.57. The van der Waals surface area contributed by atoms with Gasteiger partial charge in [-0.3, -0.25) is 0 Å². The van der Waals surface area contributed by atoms with Crippen molar-refractivity contribution >= 4 is 0 Å². The van der Waals surface area contributed by atoms with Crippen molar-refractivity contribution in [3.63, 3.8) is 0 Å². The van der Waals surface area contributed by atoms with Crippen molar-refractivity contribution in [2.24, 2.45) is 11.5 Å². The normalized spacial score (nSPS) is 14.3. The SMILES string of the molecule is C=C/C(C)=C\C(CN)=C(/C)N. The first-order chi connectivity index (χ1) is 5.11. The van der Waals surface area contributed by atoms with Gasteiger partial charge in [-0.1, -0.05) is 24.3 Å². The van der Waals surface area contributed by atoms with Crippen molar-refractivity contribution in [3.8, 4) is 0 Å². The molecule has 0 saturated heterocycles. The third kappa shape index (κ3) is 3.63. The molecule has 0 aliphatic carbocycles. The fraction of sp³-hybridized carbons (Fsp3) is 0.333. The van der Waals surface area contributed by atoms with E-state index in [4.69, 9.17) is 11.5 Å². The van der Waals surface area contributed by atoms with Crippen LogP contribution in [0.2, 0.25) is 0 Å². The summed E-state index contributed by atoms with van der Waals surface area (Å²) >= 11 is 0. The van der Waals surface area contributed by atoms with E-state index in [1.54, 1.807) is 6.08 Å². The van der Waals surface area contributed by atoms with Crippen LogP contribution in [0, 0.1) is 0 Å². The molecular formula is C9H16N2. The molecule has 0 unspecified atom stereocenters. The molecule has 0 fully saturated rings. The third-order valence-corrected chi connectivity index (χ3v) is 1.45. The fourth-order valence-corrected chi connectivity index (χ4v) is 0.667. The summed E-state index contributed by atoms with van der Waals surface area (Å²) in [4.78, 5) is 0. The van der Waals surface area contributed by atoms with Gasteiger partial charge in [0.05, 0.1) is 0 Å². The third-order valence-electron chi connectivity index (χ3n) is 1.45. The molecule has 0 aliphatic heterocycles. The molecular weight excluding hydrogens is 136 g/mol. The highest BCUT2D eigenvalue weighted by Gasteiger charge is 1.92. The number of nitrogens with two attached hydrogens (primary N) is 2. The van der Waals surface area contributed by atoms with E-state index in [0.717, 1.165) is 16.8 Å². The molecule has 0 radical (unpaired) electrons. The van der Waals surface area contributed by atoms with E-state index in [1.807, 2.05) is 19.9 Å². The molecule has 62 valence electrons. The second-order valence-electron chi connectivity index (χ2n) is 2.50. The van der Waals surface area contributed by atoms with Gasteiger partial charge in [-0.05, 0) is 19.4 Å². The molecule has 4 N–H and O–H groups in total. The van der Waals surface area contributed by atoms with E-state index in [0.29, 0.717) is 6.54 Å². The molecule has 0 rings (SSSR count). The van der Waals surface area contributed by atoms with Crippen molar-refractivity contribution in [2.75, 3.05) is 6.54 Å². The second kappa shape index (κ2) is 4.74. The zero-order valence-corrected chi connectivity index (χ0v) is 7.22. The highest BCUT2D eigenvalue weighted by Crippen LogP contribution is 2.03. The molecule has 11 heavy (non-hydrogen) atoms. The van der Waals surface area contributed by atoms with Crippen LogP contribution >= 0.6 is 0 Å². The Labute approximate surface area is 68.3 Å². The highest BCUT2D eigenvalue weighted by atomic mass is 14.6. The second-order valence-corrected chi connectivity index (χ2v) is 2.50. The van der Waals surface area contributed by atoms with Gasteiger partial charge in [0.1, 0.15) is 0 Å². The highest BCUT2D eigenvalue weighted by molar-refractivity contribution is 5.31. The summed E-state index contributed by atoms with van der Waals surface area (Å²) in [5.41, 5.74) is 13.9. The summed E-state index contributed by atoms with van der Waals surface area (Å²) in [6.07, 6.45) is 3.72. The van der Waals surface area contributed by atoms with Crippen LogP contribution in [0.5, 0.6) is 0 Å². The molecule has 0 amide bonds. The molecule has 0 heterocycles. The molecule has 0 spiro atoms. The first-order valence-electron chi connectivity index (χ1n) is 3.57. The Bertz CT molecular complexity index is 196. The van der Waals surface area contributed by atoms with Gasteiger partial charge in [0.2, 0.25) is 0 Å². The first-order valence-corrected chi connectivity index (χ1v) is 3.57. The lowest BCUT2D eigenvalue weighted by atomic mass is 10.1. The van der Waals surface area contributed by atoms with Crippen molar-refractivity contribution in [3.05, 3.63) is 35.6 Å². The molecule has 2 heteroatoms. The van der Waals surface area contributed by atoms with Gasteiger partial charge in [-0.25, -0.2) is 0 Å². The van der Waals surface area contributed by atoms with Gasteiger partial charge in [0, 0.05) is 12.2 Å². The van der Waals surface area contributed by atoms with Gasteiger partial charge >= 0.3 is 0 Å². The molecule has 0 aliphatic rings. The quantitative estimate of drug-likeness (QED) is 0.599. The van der Waals surface area contributed by atoms with Crippen molar-refractivity contribution in [1.82, 2.24) is 0 Å². The van der Waals surface area contributed by atoms with E-state index >= 15 is 0 Å². The Hall–Kier alpha value is -1.02. The molecule has 0 saturated carbocycles. The van der Waals surface area contributed by atoms with E-state index in [2.05, 4.69) is 6.58 Å². The van der Waals surface area contributed by atoms with Crippen LogP contribution in [0.1, 0.15) is 13.8 Å². The summed E-state index contributed by atoms with van der Waals surface area (Å²) in [5.74, 6) is 0. The van der Waals surface area contributed by atoms with Crippen LogP contribution in [0.4, 0.5) is 0 Å². The minimum Gasteiger partial charge on any atom is -0.402 e. The monoisotopic (exact) mass is 152 g/mol. The van der Waals surface area contributed by atoms with Crippen LogP contribution in [0.15, 0.2) is 35.6 Å². The maximum Gasteiger partial charge on any atom is 0.0195 e. The molecule has 0 aromatic rings. The van der Waals surface area contributed by atoms with E-state index < -0.39 is 0 Å². The average Bonchev–Trinajstić information content (AvgIpc) is 1.99. The smallest absolute Gasteiger partial charge is 0.0195 e. The zero-order valence-electron chi connectivity index (χ0n) is 7.22. The molecule has 0 atom stereocenters. The molecule has 2 nitrogen and oxygen atoms in total. The van der Waals surface area contributed by atoms with Crippen LogP contribution in [-0.4, -0.2) is 6.54 Å². The van der Waals surface area contributed by atoms with Crippen LogP contribution in [-0.2, 0) is 0 Å². The predicted molar refractivity (Wildman–Crippen MR) is 49.9 cm³/mol. The topological polar surface area (TPSA) is 52.0 Å². The molecule has 0 aromatic heterocycles. The van der Waals surface area contributed by atoms with E-state index in [1.165, 1.54) is 0 Å². The van der Waals surface area contributed by atoms with Crippen molar-refractivity contribution in [1.29, 1.82) is 0 Å².